The number of carboxylic acids is 1. The summed E-state index contributed by atoms with van der Waals surface area (Å²) in [6, 6.07) is 2.66. The van der Waals surface area contributed by atoms with E-state index in [1.807, 2.05) is 16.7 Å². The summed E-state index contributed by atoms with van der Waals surface area (Å²) < 4.78 is 11.3. The van der Waals surface area contributed by atoms with Gasteiger partial charge < -0.3 is 25.7 Å². The molecule has 0 bridgehead atoms. The summed E-state index contributed by atoms with van der Waals surface area (Å²) in [4.78, 5) is 61.2. The minimum atomic E-state index is -1.23. The van der Waals surface area contributed by atoms with Crippen LogP contribution in [0.25, 0.3) is 0 Å². The number of nitrogen functional groups attached to an aromatic ring is 1. The van der Waals surface area contributed by atoms with Gasteiger partial charge in [0.25, 0.3) is 11.8 Å². The highest BCUT2D eigenvalue weighted by molar-refractivity contribution is 8.00. The molecular weight excluding hydrogens is 731 g/mol. The number of β-lactam (4-membered cyclic amide) rings is 1. The van der Waals surface area contributed by atoms with Crippen LogP contribution in [-0.4, -0.2) is 72.6 Å². The van der Waals surface area contributed by atoms with E-state index in [2.05, 4.69) is 38.9 Å². The minimum absolute atomic E-state index is 0.0354. The zero-order valence-corrected chi connectivity index (χ0v) is 33.0. The molecule has 2 aliphatic rings. The van der Waals surface area contributed by atoms with E-state index in [0.29, 0.717) is 17.7 Å². The molecule has 0 spiro atoms. The number of hydrogen-bond acceptors (Lipinski definition) is 12. The zero-order valence-electron chi connectivity index (χ0n) is 31.4. The summed E-state index contributed by atoms with van der Waals surface area (Å²) in [5.41, 5.74) is 6.68. The van der Waals surface area contributed by atoms with Gasteiger partial charge in [-0.2, -0.15) is 9.36 Å². The molecule has 0 aromatic carbocycles. The normalized spacial score (nSPS) is 17.0. The molecule has 16 heteroatoms. The Hall–Kier alpha value is -4.31. The molecule has 54 heavy (non-hydrogen) atoms. The van der Waals surface area contributed by atoms with Gasteiger partial charge in [-0.05, 0) is 39.0 Å². The number of esters is 1. The third-order valence-electron chi connectivity index (χ3n) is 9.07. The number of fused-ring (bicyclic) bond motifs is 1. The number of allylic oxidation sites excluding steroid dienone is 2. The Kier molecular flexibility index (Phi) is 17.9. The number of oxime groups is 1. The minimum Gasteiger partial charge on any atom is -0.477 e. The summed E-state index contributed by atoms with van der Waals surface area (Å²) >= 11 is 2.24. The van der Waals surface area contributed by atoms with Crippen molar-refractivity contribution in [1.29, 1.82) is 0 Å². The van der Waals surface area contributed by atoms with Gasteiger partial charge in [0.05, 0.1) is 0 Å². The van der Waals surface area contributed by atoms with Gasteiger partial charge in [-0.25, -0.2) is 9.36 Å². The number of nitrogens with zero attached hydrogens (tertiary/aromatic N) is 5. The van der Waals surface area contributed by atoms with Crippen molar-refractivity contribution in [2.24, 2.45) is 5.16 Å². The maximum Gasteiger partial charge on any atom is 0.352 e. The molecule has 1 unspecified atom stereocenters. The van der Waals surface area contributed by atoms with Crippen LogP contribution in [0.3, 0.4) is 0 Å². The zero-order chi connectivity index (χ0) is 38.7. The molecule has 0 radical (unpaired) electrons. The summed E-state index contributed by atoms with van der Waals surface area (Å²) in [7, 11) is 0. The lowest BCUT2D eigenvalue weighted by molar-refractivity contribution is -0.689. The van der Waals surface area contributed by atoms with E-state index in [1.165, 1.54) is 74.4 Å². The Morgan fingerprint density at radius 3 is 2.33 bits per heavy atom. The summed E-state index contributed by atoms with van der Waals surface area (Å²) in [6.07, 6.45) is 24.3. The third kappa shape index (κ3) is 12.9. The van der Waals surface area contributed by atoms with Crippen molar-refractivity contribution in [1.82, 2.24) is 19.6 Å². The number of hydrogen-bond donors (Lipinski definition) is 3. The number of nitrogens with two attached hydrogens (primary N) is 1. The molecule has 2 aromatic heterocycles. The van der Waals surface area contributed by atoms with E-state index in [0.717, 1.165) is 42.8 Å². The number of rotatable bonds is 25. The lowest BCUT2D eigenvalue weighted by Crippen LogP contribution is -2.71. The van der Waals surface area contributed by atoms with Crippen LogP contribution >= 0.6 is 23.3 Å². The number of aliphatic carboxylic acids is 1. The SMILES string of the molecule is CCCCCCCC/C=C\CCCCCCCC(=O)OCc1cc[n+](CC2=C(C(=O)O)N3C(=O)C(NC(=O)C(=NOCC)c4nsc(N)n4)[C@@H]3SC2)cc1. The van der Waals surface area contributed by atoms with Gasteiger partial charge in [-0.1, -0.05) is 75.6 Å². The van der Waals surface area contributed by atoms with E-state index in [1.54, 1.807) is 19.3 Å². The van der Waals surface area contributed by atoms with Crippen molar-refractivity contribution < 1.29 is 38.4 Å². The highest BCUT2D eigenvalue weighted by Crippen LogP contribution is 2.40. The van der Waals surface area contributed by atoms with Gasteiger partial charge in [0.2, 0.25) is 11.5 Å². The number of anilines is 1. The average molecular weight is 785 g/mol. The number of unbranched alkanes of at least 4 members (excludes halogenated alkanes) is 11. The van der Waals surface area contributed by atoms with Gasteiger partial charge in [0, 0.05) is 47.0 Å². The molecule has 1 saturated heterocycles. The van der Waals surface area contributed by atoms with Crippen LogP contribution in [0, 0.1) is 0 Å². The van der Waals surface area contributed by atoms with Gasteiger partial charge >= 0.3 is 11.9 Å². The lowest BCUT2D eigenvalue weighted by Gasteiger charge is -2.49. The highest BCUT2D eigenvalue weighted by atomic mass is 32.2. The number of thioether (sulfide) groups is 1. The Labute approximate surface area is 325 Å². The van der Waals surface area contributed by atoms with Crippen LogP contribution in [-0.2, 0) is 41.9 Å². The second kappa shape index (κ2) is 22.8. The number of aromatic nitrogens is 3. The van der Waals surface area contributed by atoms with Crippen molar-refractivity contribution in [2.45, 2.75) is 128 Å². The van der Waals surface area contributed by atoms with Crippen molar-refractivity contribution in [3.05, 3.63) is 59.3 Å². The Bertz CT molecular complexity index is 1640. The van der Waals surface area contributed by atoms with Gasteiger partial charge in [0.1, 0.15) is 30.3 Å². The Morgan fingerprint density at radius 1 is 1.04 bits per heavy atom. The quantitative estimate of drug-likeness (QED) is 0.0214. The maximum atomic E-state index is 13.2. The van der Waals surface area contributed by atoms with E-state index in [4.69, 9.17) is 15.3 Å². The number of pyridine rings is 1. The number of nitrogens with one attached hydrogen (secondary N) is 1. The topological polar surface area (TPSA) is 190 Å². The van der Waals surface area contributed by atoms with Crippen LogP contribution < -0.4 is 15.6 Å². The van der Waals surface area contributed by atoms with Crippen LogP contribution in [0.4, 0.5) is 5.13 Å². The first-order valence-electron chi connectivity index (χ1n) is 19.0. The molecule has 4 N–H and O–H groups in total. The molecule has 1 fully saturated rings. The lowest BCUT2D eigenvalue weighted by atomic mass is 10.0. The third-order valence-corrected chi connectivity index (χ3v) is 10.9. The number of ether oxygens (including phenoxy) is 1. The smallest absolute Gasteiger partial charge is 0.352 e. The molecule has 2 aromatic rings. The number of carboxylic acid groups (broad SMARTS) is 1. The van der Waals surface area contributed by atoms with E-state index < -0.39 is 29.2 Å². The van der Waals surface area contributed by atoms with Crippen molar-refractivity contribution in [3.63, 3.8) is 0 Å². The van der Waals surface area contributed by atoms with E-state index in [9.17, 15) is 24.3 Å². The highest BCUT2D eigenvalue weighted by Gasteiger charge is 2.55. The van der Waals surface area contributed by atoms with E-state index >= 15 is 0 Å². The predicted octanol–water partition coefficient (Wildman–Crippen LogP) is 5.67. The molecule has 4 heterocycles. The molecule has 14 nitrogen and oxygen atoms in total. The fraction of sp³-hybridized carbons (Fsp3) is 0.579. The van der Waals surface area contributed by atoms with Crippen LogP contribution in [0.1, 0.15) is 115 Å². The fourth-order valence-electron chi connectivity index (χ4n) is 6.15. The second-order valence-corrected chi connectivity index (χ2v) is 15.2. The largest absolute Gasteiger partial charge is 0.477 e. The maximum absolute atomic E-state index is 13.2. The first-order valence-corrected chi connectivity index (χ1v) is 20.8. The number of amides is 2. The molecule has 0 saturated carbocycles. The van der Waals surface area contributed by atoms with Gasteiger partial charge in [0.15, 0.2) is 24.1 Å². The predicted molar refractivity (Wildman–Crippen MR) is 208 cm³/mol. The molecule has 2 atom stereocenters. The van der Waals surface area contributed by atoms with Crippen molar-refractivity contribution in [3.8, 4) is 0 Å². The van der Waals surface area contributed by atoms with Gasteiger partial charge in [-0.3, -0.25) is 19.3 Å². The number of carbonyl (C=O) groups excluding carboxylic acids is 3. The Morgan fingerprint density at radius 2 is 1.70 bits per heavy atom. The first kappa shape index (κ1) is 42.4. The monoisotopic (exact) mass is 784 g/mol. The van der Waals surface area contributed by atoms with Crippen LogP contribution in [0.5, 0.6) is 0 Å². The second-order valence-electron chi connectivity index (χ2n) is 13.3. The van der Waals surface area contributed by atoms with E-state index in [-0.39, 0.29) is 48.1 Å². The standard InChI is InChI=1S/C38H53N7O7S2/c1-3-5-6-7-8-9-10-11-12-13-14-15-16-17-18-19-29(46)51-25-27-20-22-44(23-21-27)24-28-26-53-36-31(35(48)45(36)32(28)37(49)50)40-34(47)30(42-52-4-2)33-41-38(39)54-43-33/h11-12,20-23,31,36H,3-10,13-19,24-26H2,1-2H3,(H3-,39,40,41,43,47,49,50)/p+1/b12-11-,42-30?/t31?,36-/m0/s1. The molecular formula is C38H54N7O7S2+. The molecule has 2 aliphatic heterocycles. The first-order chi connectivity index (χ1) is 26.2. The van der Waals surface area contributed by atoms with Crippen molar-refractivity contribution in [2.75, 3.05) is 18.1 Å². The fourth-order valence-corrected chi connectivity index (χ4v) is 7.91. The Balaban J connectivity index is 1.16. The van der Waals surface area contributed by atoms with Crippen LogP contribution in [0.15, 0.2) is 53.1 Å². The summed E-state index contributed by atoms with van der Waals surface area (Å²) in [5, 5.41) is 16.1. The molecule has 2 amide bonds. The summed E-state index contributed by atoms with van der Waals surface area (Å²) in [5.74, 6) is -2.45. The summed E-state index contributed by atoms with van der Waals surface area (Å²) in [6.45, 7) is 4.52. The van der Waals surface area contributed by atoms with Crippen LogP contribution in [0.2, 0.25) is 0 Å². The molecule has 0 aliphatic carbocycles. The number of carbonyl (C=O) groups is 4. The van der Waals surface area contributed by atoms with Crippen molar-refractivity contribution >= 4 is 57.9 Å². The molecule has 294 valence electrons. The molecule has 4 rings (SSSR count). The van der Waals surface area contributed by atoms with Gasteiger partial charge in [-0.15, -0.1) is 11.8 Å². The average Bonchev–Trinajstić information content (AvgIpc) is 3.60.